The summed E-state index contributed by atoms with van der Waals surface area (Å²) in [6.45, 7) is 0. The topological polar surface area (TPSA) is 99.4 Å². The minimum atomic E-state index is -1.02. The fourth-order valence-corrected chi connectivity index (χ4v) is 3.63. The van der Waals surface area contributed by atoms with Gasteiger partial charge in [-0.15, -0.1) is 0 Å². The highest BCUT2D eigenvalue weighted by atomic mass is 35.5. The van der Waals surface area contributed by atoms with Crippen LogP contribution in [0.1, 0.15) is 15.9 Å². The molecule has 1 aliphatic heterocycles. The molecule has 1 amide bonds. The fourth-order valence-electron chi connectivity index (χ4n) is 2.42. The molecular weight excluding hydrogens is 404 g/mol. The number of aromatic carboxylic acids is 1. The van der Waals surface area contributed by atoms with E-state index in [1.54, 1.807) is 31.3 Å². The number of halogens is 1. The lowest BCUT2D eigenvalue weighted by molar-refractivity contribution is -0.121. The first-order valence-corrected chi connectivity index (χ1v) is 9.15. The van der Waals surface area contributed by atoms with E-state index in [-0.39, 0.29) is 28.0 Å². The first kappa shape index (κ1) is 19.8. The number of phenolic OH excluding ortho intramolecular Hbond substituents is 1. The number of aromatic hydroxyl groups is 1. The minimum Gasteiger partial charge on any atom is -0.503 e. The molecule has 3 rings (SSSR count). The smallest absolute Gasteiger partial charge is 0.335 e. The van der Waals surface area contributed by atoms with Crippen LogP contribution >= 0.6 is 23.4 Å². The SMILES string of the molecule is COc1cc(/C=C2\SC(=Nc3ccc(C(=O)O)cc3)N(C)C2=O)cc(Cl)c1O. The van der Waals surface area contributed by atoms with Gasteiger partial charge >= 0.3 is 5.97 Å². The van der Waals surface area contributed by atoms with Gasteiger partial charge in [0, 0.05) is 7.05 Å². The molecule has 9 heteroatoms. The van der Waals surface area contributed by atoms with E-state index >= 15 is 0 Å². The second kappa shape index (κ2) is 7.95. The van der Waals surface area contributed by atoms with Crippen LogP contribution in [-0.2, 0) is 4.79 Å². The Hall–Kier alpha value is -2.97. The molecule has 0 aromatic heterocycles. The van der Waals surface area contributed by atoms with Gasteiger partial charge in [-0.05, 0) is 59.8 Å². The summed E-state index contributed by atoms with van der Waals surface area (Å²) in [7, 11) is 3.01. The van der Waals surface area contributed by atoms with Crippen LogP contribution in [0.4, 0.5) is 5.69 Å². The Labute approximate surface area is 169 Å². The first-order chi connectivity index (χ1) is 13.3. The number of benzene rings is 2. The van der Waals surface area contributed by atoms with Crippen LogP contribution in [0, 0.1) is 0 Å². The number of amidine groups is 1. The highest BCUT2D eigenvalue weighted by molar-refractivity contribution is 8.18. The number of ether oxygens (including phenoxy) is 1. The Bertz CT molecular complexity index is 1020. The lowest BCUT2D eigenvalue weighted by Crippen LogP contribution is -2.23. The number of carbonyl (C=O) groups excluding carboxylic acids is 1. The van der Waals surface area contributed by atoms with Gasteiger partial charge in [0.1, 0.15) is 0 Å². The monoisotopic (exact) mass is 418 g/mol. The van der Waals surface area contributed by atoms with Crippen LogP contribution in [0.3, 0.4) is 0 Å². The molecule has 7 nitrogen and oxygen atoms in total. The van der Waals surface area contributed by atoms with E-state index in [9.17, 15) is 14.7 Å². The molecule has 28 heavy (non-hydrogen) atoms. The number of methoxy groups -OCH3 is 1. The standard InChI is InChI=1S/C19H15ClN2O5S/c1-22-17(24)15(9-10-7-13(20)16(23)14(8-10)27-2)28-19(22)21-12-5-3-11(4-6-12)18(25)26/h3-9,23H,1-2H3,(H,25,26)/b15-9-,21-19?. The number of hydrogen-bond acceptors (Lipinski definition) is 6. The number of carboxylic acid groups (broad SMARTS) is 1. The number of thioether (sulfide) groups is 1. The second-order valence-corrected chi connectivity index (χ2v) is 7.19. The number of carboxylic acids is 1. The second-order valence-electron chi connectivity index (χ2n) is 5.77. The molecular formula is C19H15ClN2O5S. The summed E-state index contributed by atoms with van der Waals surface area (Å²) in [6.07, 6.45) is 1.63. The summed E-state index contributed by atoms with van der Waals surface area (Å²) in [5.74, 6) is -1.22. The van der Waals surface area contributed by atoms with Crippen molar-refractivity contribution in [1.29, 1.82) is 0 Å². The number of likely N-dealkylation sites (N-methyl/N-ethyl adjacent to an activating group) is 1. The average molecular weight is 419 g/mol. The van der Waals surface area contributed by atoms with Crippen molar-refractivity contribution in [2.75, 3.05) is 14.2 Å². The number of hydrogen-bond donors (Lipinski definition) is 2. The van der Waals surface area contributed by atoms with Crippen LogP contribution < -0.4 is 4.74 Å². The van der Waals surface area contributed by atoms with E-state index in [1.165, 1.54) is 42.0 Å². The van der Waals surface area contributed by atoms with Crippen molar-refractivity contribution in [3.63, 3.8) is 0 Å². The van der Waals surface area contributed by atoms with E-state index < -0.39 is 5.97 Å². The molecule has 2 N–H and O–H groups in total. The van der Waals surface area contributed by atoms with Crippen LogP contribution in [-0.4, -0.2) is 46.3 Å². The molecule has 0 radical (unpaired) electrons. The lowest BCUT2D eigenvalue weighted by Gasteiger charge is -2.07. The maximum Gasteiger partial charge on any atom is 0.335 e. The Morgan fingerprint density at radius 2 is 1.96 bits per heavy atom. The van der Waals surface area contributed by atoms with Crippen LogP contribution in [0.5, 0.6) is 11.5 Å². The number of phenols is 1. The zero-order chi connectivity index (χ0) is 20.4. The summed E-state index contributed by atoms with van der Waals surface area (Å²) in [5.41, 5.74) is 1.28. The van der Waals surface area contributed by atoms with Gasteiger partial charge in [-0.2, -0.15) is 0 Å². The van der Waals surface area contributed by atoms with Crippen molar-refractivity contribution in [3.05, 3.63) is 57.5 Å². The minimum absolute atomic E-state index is 0.113. The molecule has 0 atom stereocenters. The normalized spacial score (nSPS) is 16.8. The van der Waals surface area contributed by atoms with E-state index in [1.807, 2.05) is 0 Å². The largest absolute Gasteiger partial charge is 0.503 e. The predicted molar refractivity (Wildman–Crippen MR) is 109 cm³/mol. The van der Waals surface area contributed by atoms with Gasteiger partial charge in [-0.3, -0.25) is 9.69 Å². The summed E-state index contributed by atoms with van der Waals surface area (Å²) < 4.78 is 5.07. The summed E-state index contributed by atoms with van der Waals surface area (Å²) in [4.78, 5) is 29.7. The third-order valence-electron chi connectivity index (χ3n) is 3.91. The van der Waals surface area contributed by atoms with Crippen molar-refractivity contribution in [3.8, 4) is 11.5 Å². The van der Waals surface area contributed by atoms with E-state index in [0.29, 0.717) is 21.3 Å². The molecule has 0 unspecified atom stereocenters. The van der Waals surface area contributed by atoms with Crippen molar-refractivity contribution in [2.45, 2.75) is 0 Å². The zero-order valence-corrected chi connectivity index (χ0v) is 16.4. The molecule has 1 saturated heterocycles. The van der Waals surface area contributed by atoms with Gasteiger partial charge in [0.15, 0.2) is 16.7 Å². The van der Waals surface area contributed by atoms with Gasteiger partial charge < -0.3 is 14.9 Å². The Kier molecular flexibility index (Phi) is 5.62. The van der Waals surface area contributed by atoms with Gasteiger partial charge in [-0.1, -0.05) is 11.6 Å². The number of nitrogens with zero attached hydrogens (tertiary/aromatic N) is 2. The molecule has 0 spiro atoms. The molecule has 1 aliphatic rings. The lowest BCUT2D eigenvalue weighted by atomic mass is 10.2. The number of aliphatic imine (C=N–C) groups is 1. The van der Waals surface area contributed by atoms with Gasteiger partial charge in [0.05, 0.1) is 28.3 Å². The molecule has 2 aromatic carbocycles. The van der Waals surface area contributed by atoms with E-state index in [0.717, 1.165) is 0 Å². The maximum atomic E-state index is 12.5. The van der Waals surface area contributed by atoms with E-state index in [2.05, 4.69) is 4.99 Å². The van der Waals surface area contributed by atoms with Crippen molar-refractivity contribution in [1.82, 2.24) is 4.90 Å². The van der Waals surface area contributed by atoms with Crippen molar-refractivity contribution >= 4 is 52.2 Å². The van der Waals surface area contributed by atoms with Gasteiger partial charge in [0.25, 0.3) is 5.91 Å². The fraction of sp³-hybridized carbons (Fsp3) is 0.105. The Morgan fingerprint density at radius 1 is 1.29 bits per heavy atom. The third-order valence-corrected chi connectivity index (χ3v) is 5.26. The third kappa shape index (κ3) is 3.97. The average Bonchev–Trinajstić information content (AvgIpc) is 2.92. The van der Waals surface area contributed by atoms with Gasteiger partial charge in [0.2, 0.25) is 0 Å². The van der Waals surface area contributed by atoms with Crippen LogP contribution in [0.15, 0.2) is 46.3 Å². The molecule has 1 heterocycles. The number of carbonyl (C=O) groups is 2. The van der Waals surface area contributed by atoms with Crippen molar-refractivity contribution in [2.24, 2.45) is 4.99 Å². The molecule has 0 bridgehead atoms. The predicted octanol–water partition coefficient (Wildman–Crippen LogP) is 3.99. The van der Waals surface area contributed by atoms with Crippen LogP contribution in [0.2, 0.25) is 5.02 Å². The Morgan fingerprint density at radius 3 is 2.57 bits per heavy atom. The quantitative estimate of drug-likeness (QED) is 0.728. The molecule has 0 aliphatic carbocycles. The van der Waals surface area contributed by atoms with Gasteiger partial charge in [-0.25, -0.2) is 9.79 Å². The Balaban J connectivity index is 1.90. The number of amides is 1. The first-order valence-electron chi connectivity index (χ1n) is 7.96. The maximum absolute atomic E-state index is 12.5. The molecule has 144 valence electrons. The zero-order valence-electron chi connectivity index (χ0n) is 14.8. The molecule has 1 fully saturated rings. The highest BCUT2D eigenvalue weighted by Gasteiger charge is 2.30. The van der Waals surface area contributed by atoms with Crippen LogP contribution in [0.25, 0.3) is 6.08 Å². The number of rotatable bonds is 4. The van der Waals surface area contributed by atoms with E-state index in [4.69, 9.17) is 21.4 Å². The van der Waals surface area contributed by atoms with Crippen molar-refractivity contribution < 1.29 is 24.5 Å². The summed E-state index contributed by atoms with van der Waals surface area (Å²) >= 11 is 7.17. The molecule has 2 aromatic rings. The summed E-state index contributed by atoms with van der Waals surface area (Å²) in [6, 6.07) is 9.14. The molecule has 0 saturated carbocycles. The summed E-state index contributed by atoms with van der Waals surface area (Å²) in [5, 5.41) is 19.3. The highest BCUT2D eigenvalue weighted by Crippen LogP contribution is 2.38.